The summed E-state index contributed by atoms with van der Waals surface area (Å²) in [6.07, 6.45) is 3.87. The van der Waals surface area contributed by atoms with Crippen molar-refractivity contribution in [2.24, 2.45) is 0 Å². The molecule has 1 aromatic heterocycles. The molecule has 0 saturated heterocycles. The van der Waals surface area contributed by atoms with E-state index in [9.17, 15) is 4.53 Å². The summed E-state index contributed by atoms with van der Waals surface area (Å²) in [5, 5.41) is 5.32. The summed E-state index contributed by atoms with van der Waals surface area (Å²) >= 11 is 6.03. The molecule has 0 aliphatic carbocycles. The molecule has 1 unspecified atom stereocenters. The van der Waals surface area contributed by atoms with E-state index in [0.717, 1.165) is 42.5 Å². The molecule has 1 heterocycles. The second-order valence-corrected chi connectivity index (χ2v) is 6.39. The van der Waals surface area contributed by atoms with Crippen molar-refractivity contribution in [3.05, 3.63) is 35.5 Å². The van der Waals surface area contributed by atoms with E-state index in [-0.39, 0.29) is 6.61 Å². The number of hydrogen-bond donors (Lipinski definition) is 1. The zero-order valence-corrected chi connectivity index (χ0v) is 15.0. The third-order valence-electron chi connectivity index (χ3n) is 4.15. The number of fused-ring (bicyclic) bond motifs is 1. The molecule has 0 bridgehead atoms. The number of pyridine rings is 1. The third-order valence-corrected chi connectivity index (χ3v) is 4.39. The Bertz CT molecular complexity index is 641. The van der Waals surface area contributed by atoms with Gasteiger partial charge in [0.15, 0.2) is 0 Å². The van der Waals surface area contributed by atoms with Crippen LogP contribution in [-0.2, 0) is 4.94 Å². The molecule has 0 aliphatic rings. The van der Waals surface area contributed by atoms with Gasteiger partial charge in [0.25, 0.3) is 0 Å². The molecule has 0 radical (unpaired) electrons. The first-order valence-corrected chi connectivity index (χ1v) is 8.78. The highest BCUT2D eigenvalue weighted by Crippen LogP contribution is 2.25. The van der Waals surface area contributed by atoms with Crippen LogP contribution in [0.25, 0.3) is 10.9 Å². The fourth-order valence-corrected chi connectivity index (χ4v) is 2.96. The Kier molecular flexibility index (Phi) is 7.69. The zero-order valence-electron chi connectivity index (χ0n) is 14.3. The number of anilines is 1. The van der Waals surface area contributed by atoms with Crippen LogP contribution in [0.2, 0.25) is 5.02 Å². The number of nitrogens with one attached hydrogen (secondary N) is 1. The molecule has 1 atom stereocenters. The predicted molar refractivity (Wildman–Crippen MR) is 98.2 cm³/mol. The van der Waals surface area contributed by atoms with Crippen LogP contribution in [0.1, 0.15) is 26.7 Å². The maximum Gasteiger partial charge on any atom is 0.100 e. The lowest BCUT2D eigenvalue weighted by molar-refractivity contribution is -0.136. The van der Waals surface area contributed by atoms with Gasteiger partial charge in [0.05, 0.1) is 5.52 Å². The molecule has 2 rings (SSSR count). The molecule has 24 heavy (non-hydrogen) atoms. The van der Waals surface area contributed by atoms with Gasteiger partial charge in [0, 0.05) is 34.9 Å². The second kappa shape index (κ2) is 9.77. The summed E-state index contributed by atoms with van der Waals surface area (Å²) in [6, 6.07) is 8.08. The fourth-order valence-electron chi connectivity index (χ4n) is 2.80. The van der Waals surface area contributed by atoms with Crippen LogP contribution in [0.15, 0.2) is 30.5 Å². The van der Waals surface area contributed by atoms with Crippen LogP contribution in [0, 0.1) is 0 Å². The molecule has 1 aromatic carbocycles. The van der Waals surface area contributed by atoms with Crippen molar-refractivity contribution >= 4 is 28.2 Å². The highest BCUT2D eigenvalue weighted by molar-refractivity contribution is 6.31. The van der Waals surface area contributed by atoms with E-state index in [1.807, 2.05) is 24.3 Å². The van der Waals surface area contributed by atoms with E-state index in [1.54, 1.807) is 6.20 Å². The third kappa shape index (κ3) is 5.58. The van der Waals surface area contributed by atoms with Gasteiger partial charge >= 0.3 is 0 Å². The molecular weight excluding hydrogens is 329 g/mol. The van der Waals surface area contributed by atoms with E-state index in [4.69, 9.17) is 11.6 Å². The van der Waals surface area contributed by atoms with Crippen LogP contribution in [0.5, 0.6) is 0 Å². The van der Waals surface area contributed by atoms with Gasteiger partial charge < -0.3 is 10.2 Å². The standard InChI is InChI=1S/C18H25ClFN3O/c1-3-23(11-12-24-20)10-4-5-14(2)22-17-8-9-21-18-13-15(19)6-7-16(17)18/h6-9,13-14H,3-5,10-12H2,1-2H3,(H,21,22). The summed E-state index contributed by atoms with van der Waals surface area (Å²) in [5.74, 6) is 0. The molecule has 0 spiro atoms. The lowest BCUT2D eigenvalue weighted by Gasteiger charge is -2.21. The minimum Gasteiger partial charge on any atom is -0.382 e. The van der Waals surface area contributed by atoms with Gasteiger partial charge in [-0.25, -0.2) is 0 Å². The minimum absolute atomic E-state index is 0.132. The van der Waals surface area contributed by atoms with Gasteiger partial charge in [-0.05, 0) is 61.6 Å². The molecular formula is C18H25ClFN3O. The maximum atomic E-state index is 11.8. The number of aromatic nitrogens is 1. The summed E-state index contributed by atoms with van der Waals surface area (Å²) in [6.45, 7) is 6.86. The van der Waals surface area contributed by atoms with Crippen molar-refractivity contribution in [3.8, 4) is 0 Å². The monoisotopic (exact) mass is 353 g/mol. The quantitative estimate of drug-likeness (QED) is 0.672. The van der Waals surface area contributed by atoms with Crippen LogP contribution in [0.3, 0.4) is 0 Å². The molecule has 4 nitrogen and oxygen atoms in total. The van der Waals surface area contributed by atoms with Gasteiger partial charge in [0.1, 0.15) is 6.61 Å². The summed E-state index contributed by atoms with van der Waals surface area (Å²) < 4.78 is 11.8. The lowest BCUT2D eigenvalue weighted by atomic mass is 10.1. The summed E-state index contributed by atoms with van der Waals surface area (Å²) in [5.41, 5.74) is 1.96. The number of rotatable bonds is 10. The van der Waals surface area contributed by atoms with Crippen molar-refractivity contribution in [1.29, 1.82) is 0 Å². The number of benzene rings is 1. The minimum atomic E-state index is 0.132. The molecule has 0 fully saturated rings. The van der Waals surface area contributed by atoms with E-state index in [1.165, 1.54) is 0 Å². The topological polar surface area (TPSA) is 37.4 Å². The van der Waals surface area contributed by atoms with Gasteiger partial charge in [-0.1, -0.05) is 18.5 Å². The van der Waals surface area contributed by atoms with Gasteiger partial charge in [-0.15, -0.1) is 0 Å². The van der Waals surface area contributed by atoms with E-state index < -0.39 is 0 Å². The first kappa shape index (κ1) is 18.9. The summed E-state index contributed by atoms with van der Waals surface area (Å²) in [7, 11) is 0. The molecule has 2 aromatic rings. The Morgan fingerprint density at radius 3 is 2.92 bits per heavy atom. The van der Waals surface area contributed by atoms with Crippen molar-refractivity contribution in [2.75, 3.05) is 31.6 Å². The predicted octanol–water partition coefficient (Wildman–Crippen LogP) is 4.69. The van der Waals surface area contributed by atoms with Crippen LogP contribution >= 0.6 is 11.6 Å². The fraction of sp³-hybridized carbons (Fsp3) is 0.500. The number of likely N-dealkylation sites (N-methyl/N-ethyl adjacent to an activating group) is 1. The highest BCUT2D eigenvalue weighted by atomic mass is 35.5. The number of hydrogen-bond acceptors (Lipinski definition) is 4. The van der Waals surface area contributed by atoms with E-state index in [0.29, 0.717) is 17.6 Å². The van der Waals surface area contributed by atoms with Crippen molar-refractivity contribution < 1.29 is 9.47 Å². The molecule has 132 valence electrons. The SMILES string of the molecule is CCN(CCCC(C)Nc1ccnc2cc(Cl)ccc12)CCOF. The summed E-state index contributed by atoms with van der Waals surface area (Å²) in [4.78, 5) is 10.2. The average molecular weight is 354 g/mol. The molecule has 0 aliphatic heterocycles. The number of halogens is 2. The second-order valence-electron chi connectivity index (χ2n) is 5.96. The Labute approximate surface area is 147 Å². The van der Waals surface area contributed by atoms with Gasteiger partial charge in [-0.2, -0.15) is 4.94 Å². The molecule has 1 N–H and O–H groups in total. The molecule has 0 amide bonds. The van der Waals surface area contributed by atoms with Crippen LogP contribution in [-0.4, -0.2) is 42.2 Å². The molecule has 6 heteroatoms. The maximum absolute atomic E-state index is 11.8. The normalized spacial score (nSPS) is 12.7. The Morgan fingerprint density at radius 2 is 2.17 bits per heavy atom. The Hall–Kier alpha value is -1.43. The van der Waals surface area contributed by atoms with Crippen molar-refractivity contribution in [1.82, 2.24) is 9.88 Å². The smallest absolute Gasteiger partial charge is 0.100 e. The van der Waals surface area contributed by atoms with Crippen molar-refractivity contribution in [3.63, 3.8) is 0 Å². The largest absolute Gasteiger partial charge is 0.382 e. The number of nitrogens with zero attached hydrogens (tertiary/aromatic N) is 2. The Balaban J connectivity index is 1.87. The first-order chi connectivity index (χ1) is 11.6. The average Bonchev–Trinajstić information content (AvgIpc) is 2.57. The van der Waals surface area contributed by atoms with Crippen LogP contribution < -0.4 is 5.32 Å². The van der Waals surface area contributed by atoms with E-state index >= 15 is 0 Å². The van der Waals surface area contributed by atoms with Crippen LogP contribution in [0.4, 0.5) is 10.2 Å². The van der Waals surface area contributed by atoms with Gasteiger partial charge in [0.2, 0.25) is 0 Å². The van der Waals surface area contributed by atoms with Gasteiger partial charge in [-0.3, -0.25) is 4.98 Å². The zero-order chi connectivity index (χ0) is 17.4. The lowest BCUT2D eigenvalue weighted by Crippen LogP contribution is -2.29. The Morgan fingerprint density at radius 1 is 1.33 bits per heavy atom. The van der Waals surface area contributed by atoms with E-state index in [2.05, 4.69) is 34.0 Å². The first-order valence-electron chi connectivity index (χ1n) is 8.40. The van der Waals surface area contributed by atoms with Crippen molar-refractivity contribution in [2.45, 2.75) is 32.7 Å². The molecule has 0 saturated carbocycles. The highest BCUT2D eigenvalue weighted by Gasteiger charge is 2.08.